The number of amides is 1. The number of alkyl halides is 3. The second-order valence-corrected chi connectivity index (χ2v) is 8.07. The van der Waals surface area contributed by atoms with Gasteiger partial charge < -0.3 is 20.5 Å². The Bertz CT molecular complexity index is 933. The highest BCUT2D eigenvalue weighted by atomic mass is 19.4. The highest BCUT2D eigenvalue weighted by Crippen LogP contribution is 2.39. The summed E-state index contributed by atoms with van der Waals surface area (Å²) in [6, 6.07) is 0.461. The Morgan fingerprint density at radius 1 is 1.30 bits per heavy atom. The van der Waals surface area contributed by atoms with Gasteiger partial charge in [-0.3, -0.25) is 4.79 Å². The minimum Gasteiger partial charge on any atom is -0.356 e. The highest BCUT2D eigenvalue weighted by molar-refractivity contribution is 5.96. The predicted molar refractivity (Wildman–Crippen MR) is 106 cm³/mol. The molecule has 0 aromatic carbocycles. The number of aromatic amines is 1. The first-order valence-corrected chi connectivity index (χ1v) is 10.1. The molecule has 3 N–H and O–H groups in total. The van der Waals surface area contributed by atoms with Gasteiger partial charge in [-0.2, -0.15) is 13.2 Å². The normalized spacial score (nSPS) is 22.6. The zero-order chi connectivity index (χ0) is 21.5. The average Bonchev–Trinajstić information content (AvgIpc) is 3.06. The van der Waals surface area contributed by atoms with Crippen molar-refractivity contribution in [3.63, 3.8) is 0 Å². The average molecular weight is 422 g/mol. The topological polar surface area (TPSA) is 85.9 Å². The summed E-state index contributed by atoms with van der Waals surface area (Å²) in [5, 5.41) is 6.49. The number of carbonyl (C=O) groups is 1. The van der Waals surface area contributed by atoms with Crippen molar-refractivity contribution in [1.29, 1.82) is 0 Å². The van der Waals surface area contributed by atoms with Crippen molar-refractivity contribution in [2.75, 3.05) is 25.5 Å². The van der Waals surface area contributed by atoms with Gasteiger partial charge in [-0.05, 0) is 38.2 Å². The third-order valence-electron chi connectivity index (χ3n) is 5.81. The maximum absolute atomic E-state index is 13.7. The van der Waals surface area contributed by atoms with E-state index in [2.05, 4.69) is 32.5 Å². The Balaban J connectivity index is 1.73. The molecular formula is C20H25F3N6O. The van der Waals surface area contributed by atoms with Crippen LogP contribution in [0.15, 0.2) is 12.4 Å². The zero-order valence-electron chi connectivity index (χ0n) is 16.9. The molecule has 0 spiro atoms. The summed E-state index contributed by atoms with van der Waals surface area (Å²) >= 11 is 0. The van der Waals surface area contributed by atoms with E-state index < -0.39 is 11.7 Å². The van der Waals surface area contributed by atoms with Crippen molar-refractivity contribution in [2.24, 2.45) is 0 Å². The van der Waals surface area contributed by atoms with Crippen LogP contribution in [0.4, 0.5) is 19.1 Å². The van der Waals surface area contributed by atoms with E-state index in [-0.39, 0.29) is 23.6 Å². The van der Waals surface area contributed by atoms with E-state index in [1.165, 1.54) is 6.20 Å². The monoisotopic (exact) mass is 422 g/mol. The third-order valence-corrected chi connectivity index (χ3v) is 5.81. The number of piperidine rings is 1. The van der Waals surface area contributed by atoms with Gasteiger partial charge in [-0.1, -0.05) is 0 Å². The molecule has 0 bridgehead atoms. The molecule has 2 atom stereocenters. The Hall–Kier alpha value is -2.62. The van der Waals surface area contributed by atoms with E-state index in [4.69, 9.17) is 0 Å². The molecule has 2 aliphatic heterocycles. The Labute approximate surface area is 172 Å². The molecule has 30 heavy (non-hydrogen) atoms. The van der Waals surface area contributed by atoms with Gasteiger partial charge >= 0.3 is 6.18 Å². The first kappa shape index (κ1) is 20.6. The van der Waals surface area contributed by atoms with Crippen LogP contribution in [0.3, 0.4) is 0 Å². The summed E-state index contributed by atoms with van der Waals surface area (Å²) < 4.78 is 41.2. The highest BCUT2D eigenvalue weighted by Gasteiger charge is 2.37. The van der Waals surface area contributed by atoms with E-state index in [0.717, 1.165) is 19.0 Å². The summed E-state index contributed by atoms with van der Waals surface area (Å²) in [5.41, 5.74) is 0.105. The molecule has 2 aromatic heterocycles. The second kappa shape index (κ2) is 7.90. The number of hydrogen-bond donors (Lipinski definition) is 3. The molecule has 0 unspecified atom stereocenters. The summed E-state index contributed by atoms with van der Waals surface area (Å²) in [6.45, 7) is 3.34. The molecule has 10 heteroatoms. The minimum absolute atomic E-state index is 0.0457. The summed E-state index contributed by atoms with van der Waals surface area (Å²) in [4.78, 5) is 25.2. The van der Waals surface area contributed by atoms with Gasteiger partial charge in [-0.25, -0.2) is 9.97 Å². The van der Waals surface area contributed by atoms with E-state index in [0.29, 0.717) is 48.8 Å². The first-order valence-electron chi connectivity index (χ1n) is 10.1. The summed E-state index contributed by atoms with van der Waals surface area (Å²) in [7, 11) is 1.69. The van der Waals surface area contributed by atoms with Crippen LogP contribution < -0.4 is 10.6 Å². The number of aromatic nitrogens is 3. The molecule has 0 aliphatic carbocycles. The number of halogens is 3. The van der Waals surface area contributed by atoms with Crippen LogP contribution in [0.5, 0.6) is 0 Å². The zero-order valence-corrected chi connectivity index (χ0v) is 16.9. The number of H-pyrrole nitrogens is 1. The molecule has 1 amide bonds. The maximum Gasteiger partial charge on any atom is 0.419 e. The Morgan fingerprint density at radius 2 is 2.10 bits per heavy atom. The molecule has 0 radical (unpaired) electrons. The van der Waals surface area contributed by atoms with Crippen molar-refractivity contribution < 1.29 is 18.0 Å². The van der Waals surface area contributed by atoms with Crippen LogP contribution in [-0.2, 0) is 12.6 Å². The summed E-state index contributed by atoms with van der Waals surface area (Å²) in [5.74, 6) is -0.0662. The minimum atomic E-state index is -4.61. The second-order valence-electron chi connectivity index (χ2n) is 8.07. The van der Waals surface area contributed by atoms with Gasteiger partial charge in [-0.15, -0.1) is 0 Å². The van der Waals surface area contributed by atoms with Gasteiger partial charge in [0.2, 0.25) is 5.95 Å². The number of nitrogens with zero attached hydrogens (tertiary/aromatic N) is 3. The van der Waals surface area contributed by atoms with Gasteiger partial charge in [0.15, 0.2) is 0 Å². The molecule has 0 saturated carbocycles. The Morgan fingerprint density at radius 3 is 2.80 bits per heavy atom. The smallest absolute Gasteiger partial charge is 0.356 e. The lowest BCUT2D eigenvalue weighted by Crippen LogP contribution is -2.43. The molecule has 2 aromatic rings. The van der Waals surface area contributed by atoms with Gasteiger partial charge in [0.25, 0.3) is 5.91 Å². The molecule has 2 aliphatic rings. The first-order chi connectivity index (χ1) is 14.2. The van der Waals surface area contributed by atoms with E-state index in [9.17, 15) is 18.0 Å². The quantitative estimate of drug-likeness (QED) is 0.708. The lowest BCUT2D eigenvalue weighted by atomic mass is 10.0. The van der Waals surface area contributed by atoms with Crippen LogP contribution in [0.1, 0.15) is 47.8 Å². The SMILES string of the molecule is C[C@H]1CC[C@H](Nc2ncc(C(F)(F)F)c(-c3c[nH]c4c3CCCN(C)C4=O)n2)CN1. The van der Waals surface area contributed by atoms with Gasteiger partial charge in [0.05, 0.1) is 5.69 Å². The van der Waals surface area contributed by atoms with Gasteiger partial charge in [0.1, 0.15) is 11.3 Å². The fourth-order valence-corrected chi connectivity index (χ4v) is 4.07. The predicted octanol–water partition coefficient (Wildman–Crippen LogP) is 3.06. The van der Waals surface area contributed by atoms with Crippen LogP contribution in [0, 0.1) is 0 Å². The third kappa shape index (κ3) is 4.00. The fourth-order valence-electron chi connectivity index (χ4n) is 4.07. The van der Waals surface area contributed by atoms with Crippen LogP contribution in [0.25, 0.3) is 11.3 Å². The lowest BCUT2D eigenvalue weighted by Gasteiger charge is -2.28. The molecule has 1 fully saturated rings. The van der Waals surface area contributed by atoms with Crippen LogP contribution in [0.2, 0.25) is 0 Å². The molecule has 4 heterocycles. The number of fused-ring (bicyclic) bond motifs is 1. The maximum atomic E-state index is 13.7. The largest absolute Gasteiger partial charge is 0.419 e. The standard InChI is InChI=1S/C20H25F3N6O/c1-11-5-6-12(8-24-11)27-19-26-10-15(20(21,22)23)16(28-19)14-9-25-17-13(14)4-3-7-29(2)18(17)30/h9-12,24-25H,3-8H2,1-2H3,(H,26,27,28)/t11-,12-/m0/s1. The van der Waals surface area contributed by atoms with Gasteiger partial charge in [0, 0.05) is 50.2 Å². The van der Waals surface area contributed by atoms with Crippen molar-refractivity contribution in [3.8, 4) is 11.3 Å². The van der Waals surface area contributed by atoms with Crippen molar-refractivity contribution in [2.45, 2.75) is 50.9 Å². The lowest BCUT2D eigenvalue weighted by molar-refractivity contribution is -0.137. The van der Waals surface area contributed by atoms with Crippen LogP contribution >= 0.6 is 0 Å². The van der Waals surface area contributed by atoms with Crippen LogP contribution in [-0.4, -0.2) is 58.0 Å². The number of nitrogens with one attached hydrogen (secondary N) is 3. The van der Waals surface area contributed by atoms with E-state index >= 15 is 0 Å². The number of rotatable bonds is 3. The van der Waals surface area contributed by atoms with E-state index in [1.54, 1.807) is 11.9 Å². The number of hydrogen-bond acceptors (Lipinski definition) is 5. The number of carbonyl (C=O) groups excluding carboxylic acids is 1. The molecule has 7 nitrogen and oxygen atoms in total. The molecule has 1 saturated heterocycles. The van der Waals surface area contributed by atoms with Crippen molar-refractivity contribution in [1.82, 2.24) is 25.2 Å². The fraction of sp³-hybridized carbons (Fsp3) is 0.550. The van der Waals surface area contributed by atoms with Crippen molar-refractivity contribution >= 4 is 11.9 Å². The van der Waals surface area contributed by atoms with Crippen molar-refractivity contribution in [3.05, 3.63) is 29.2 Å². The summed E-state index contributed by atoms with van der Waals surface area (Å²) in [6.07, 6.45) is 0.689. The number of anilines is 1. The van der Waals surface area contributed by atoms with E-state index in [1.807, 2.05) is 0 Å². The Kier molecular flexibility index (Phi) is 5.44. The molecular weight excluding hydrogens is 397 g/mol. The molecule has 162 valence electrons. The molecule has 4 rings (SSSR count).